The van der Waals surface area contributed by atoms with Crippen LogP contribution in [0.1, 0.15) is 39.0 Å². The molecule has 1 aliphatic rings. The summed E-state index contributed by atoms with van der Waals surface area (Å²) in [5, 5.41) is 3.24. The molecule has 0 aliphatic heterocycles. The van der Waals surface area contributed by atoms with Gasteiger partial charge in [0.15, 0.2) is 0 Å². The fourth-order valence-electron chi connectivity index (χ4n) is 2.60. The number of halogens is 1. The number of hydrogen-bond acceptors (Lipinski definition) is 2. The van der Waals surface area contributed by atoms with Crippen molar-refractivity contribution in [3.8, 4) is 0 Å². The van der Waals surface area contributed by atoms with Gasteiger partial charge in [0.05, 0.1) is 0 Å². The molecule has 0 saturated heterocycles. The Hall–Kier alpha value is -1.12. The third kappa shape index (κ3) is 3.69. The first kappa shape index (κ1) is 12.3. The third-order valence-electron chi connectivity index (χ3n) is 3.83. The van der Waals surface area contributed by atoms with E-state index in [4.69, 9.17) is 0 Å². The molecular formula is C14H21FN2. The summed E-state index contributed by atoms with van der Waals surface area (Å²) in [6.07, 6.45) is 6.59. The van der Waals surface area contributed by atoms with E-state index in [1.54, 1.807) is 6.07 Å². The molecule has 1 heterocycles. The van der Waals surface area contributed by atoms with Crippen LogP contribution in [-0.2, 0) is 0 Å². The number of nitrogens with one attached hydrogen (secondary N) is 1. The number of rotatable bonds is 4. The smallest absolute Gasteiger partial charge is 0.214 e. The van der Waals surface area contributed by atoms with Gasteiger partial charge in [0.25, 0.3) is 0 Å². The summed E-state index contributed by atoms with van der Waals surface area (Å²) in [6.45, 7) is 3.20. The van der Waals surface area contributed by atoms with Crippen LogP contribution in [0.4, 0.5) is 10.2 Å². The van der Waals surface area contributed by atoms with Crippen molar-refractivity contribution in [1.82, 2.24) is 4.98 Å². The quantitative estimate of drug-likeness (QED) is 0.803. The molecule has 1 aliphatic carbocycles. The molecule has 94 valence electrons. The topological polar surface area (TPSA) is 24.9 Å². The molecule has 1 aromatic heterocycles. The second kappa shape index (κ2) is 5.99. The van der Waals surface area contributed by atoms with Crippen molar-refractivity contribution in [3.05, 3.63) is 24.1 Å². The van der Waals surface area contributed by atoms with Crippen LogP contribution in [0.5, 0.6) is 0 Å². The fraction of sp³-hybridized carbons (Fsp3) is 0.643. The van der Waals surface area contributed by atoms with Crippen LogP contribution in [0.25, 0.3) is 0 Å². The molecule has 0 amide bonds. The third-order valence-corrected chi connectivity index (χ3v) is 3.83. The van der Waals surface area contributed by atoms with Crippen molar-refractivity contribution in [2.24, 2.45) is 11.8 Å². The van der Waals surface area contributed by atoms with E-state index in [9.17, 15) is 4.39 Å². The van der Waals surface area contributed by atoms with Crippen LogP contribution in [0.3, 0.4) is 0 Å². The first-order valence-corrected chi connectivity index (χ1v) is 6.64. The van der Waals surface area contributed by atoms with Crippen LogP contribution in [0, 0.1) is 17.8 Å². The Kier molecular flexibility index (Phi) is 4.35. The van der Waals surface area contributed by atoms with E-state index < -0.39 is 5.95 Å². The van der Waals surface area contributed by atoms with E-state index in [0.29, 0.717) is 5.82 Å². The summed E-state index contributed by atoms with van der Waals surface area (Å²) in [4.78, 5) is 3.81. The van der Waals surface area contributed by atoms with Crippen LogP contribution in [-0.4, -0.2) is 11.5 Å². The zero-order valence-electron chi connectivity index (χ0n) is 10.5. The number of pyridine rings is 1. The zero-order chi connectivity index (χ0) is 12.1. The van der Waals surface area contributed by atoms with Gasteiger partial charge in [0, 0.05) is 6.54 Å². The highest BCUT2D eigenvalue weighted by molar-refractivity contribution is 5.33. The number of anilines is 1. The Balaban J connectivity index is 1.76. The summed E-state index contributed by atoms with van der Waals surface area (Å²) in [6, 6.07) is 4.89. The lowest BCUT2D eigenvalue weighted by Gasteiger charge is -2.27. The van der Waals surface area contributed by atoms with E-state index >= 15 is 0 Å². The van der Waals surface area contributed by atoms with Crippen LogP contribution >= 0.6 is 0 Å². The Morgan fingerprint density at radius 1 is 1.24 bits per heavy atom. The fourth-order valence-corrected chi connectivity index (χ4v) is 2.60. The lowest BCUT2D eigenvalue weighted by Crippen LogP contribution is -2.21. The average Bonchev–Trinajstić information content (AvgIpc) is 2.37. The lowest BCUT2D eigenvalue weighted by atomic mass is 9.81. The van der Waals surface area contributed by atoms with Gasteiger partial charge in [-0.25, -0.2) is 4.98 Å². The second-order valence-electron chi connectivity index (χ2n) is 5.02. The summed E-state index contributed by atoms with van der Waals surface area (Å²) in [5.41, 5.74) is 0. The van der Waals surface area contributed by atoms with Crippen molar-refractivity contribution in [2.75, 3.05) is 11.9 Å². The van der Waals surface area contributed by atoms with E-state index in [2.05, 4.69) is 17.2 Å². The van der Waals surface area contributed by atoms with Crippen molar-refractivity contribution in [1.29, 1.82) is 0 Å². The summed E-state index contributed by atoms with van der Waals surface area (Å²) >= 11 is 0. The predicted molar refractivity (Wildman–Crippen MR) is 68.4 cm³/mol. The van der Waals surface area contributed by atoms with Gasteiger partial charge >= 0.3 is 0 Å². The molecule has 2 rings (SSSR count). The van der Waals surface area contributed by atoms with Gasteiger partial charge in [-0.15, -0.1) is 0 Å². The maximum atomic E-state index is 12.9. The predicted octanol–water partition coefficient (Wildman–Crippen LogP) is 3.85. The first-order valence-electron chi connectivity index (χ1n) is 6.64. The van der Waals surface area contributed by atoms with Gasteiger partial charge < -0.3 is 5.32 Å². The van der Waals surface area contributed by atoms with Gasteiger partial charge in [-0.2, -0.15) is 4.39 Å². The monoisotopic (exact) mass is 236 g/mol. The van der Waals surface area contributed by atoms with Gasteiger partial charge in [-0.05, 0) is 36.8 Å². The molecule has 3 heteroatoms. The Bertz CT molecular complexity index is 346. The molecule has 0 unspecified atom stereocenters. The molecular weight excluding hydrogens is 215 g/mol. The molecule has 1 N–H and O–H groups in total. The molecule has 1 fully saturated rings. The minimum absolute atomic E-state index is 0.412. The largest absolute Gasteiger partial charge is 0.370 e. The van der Waals surface area contributed by atoms with E-state index in [1.807, 2.05) is 6.07 Å². The van der Waals surface area contributed by atoms with Gasteiger partial charge in [0.1, 0.15) is 5.82 Å². The normalized spacial score (nSPS) is 24.6. The summed E-state index contributed by atoms with van der Waals surface area (Å²) in [5.74, 6) is 1.90. The minimum atomic E-state index is -0.412. The van der Waals surface area contributed by atoms with Crippen LogP contribution in [0.15, 0.2) is 18.2 Å². The van der Waals surface area contributed by atoms with Crippen molar-refractivity contribution in [3.63, 3.8) is 0 Å². The zero-order valence-corrected chi connectivity index (χ0v) is 10.5. The number of aromatic nitrogens is 1. The molecule has 1 aromatic rings. The Labute approximate surface area is 103 Å². The molecule has 0 aromatic carbocycles. The maximum Gasteiger partial charge on any atom is 0.214 e. The summed E-state index contributed by atoms with van der Waals surface area (Å²) < 4.78 is 12.9. The SMILES string of the molecule is CCC1CCC(CNc2cccc(F)n2)CC1. The van der Waals surface area contributed by atoms with Gasteiger partial charge in [-0.1, -0.05) is 32.3 Å². The molecule has 17 heavy (non-hydrogen) atoms. The average molecular weight is 236 g/mol. The van der Waals surface area contributed by atoms with Crippen molar-refractivity contribution >= 4 is 5.82 Å². The minimum Gasteiger partial charge on any atom is -0.370 e. The number of nitrogens with zero attached hydrogens (tertiary/aromatic N) is 1. The highest BCUT2D eigenvalue weighted by atomic mass is 19.1. The lowest BCUT2D eigenvalue weighted by molar-refractivity contribution is 0.278. The highest BCUT2D eigenvalue weighted by Gasteiger charge is 2.19. The Morgan fingerprint density at radius 2 is 1.94 bits per heavy atom. The molecule has 0 bridgehead atoms. The molecule has 0 spiro atoms. The summed E-state index contributed by atoms with van der Waals surface area (Å²) in [7, 11) is 0. The molecule has 2 nitrogen and oxygen atoms in total. The van der Waals surface area contributed by atoms with Crippen LogP contribution in [0.2, 0.25) is 0 Å². The van der Waals surface area contributed by atoms with E-state index in [1.165, 1.54) is 38.2 Å². The Morgan fingerprint density at radius 3 is 2.59 bits per heavy atom. The molecule has 0 atom stereocenters. The van der Waals surface area contributed by atoms with Gasteiger partial charge in [-0.3, -0.25) is 0 Å². The van der Waals surface area contributed by atoms with E-state index in [0.717, 1.165) is 18.4 Å². The van der Waals surface area contributed by atoms with E-state index in [-0.39, 0.29) is 0 Å². The first-order chi connectivity index (χ1) is 8.28. The van der Waals surface area contributed by atoms with Crippen molar-refractivity contribution in [2.45, 2.75) is 39.0 Å². The van der Waals surface area contributed by atoms with Gasteiger partial charge in [0.2, 0.25) is 5.95 Å². The molecule has 1 saturated carbocycles. The standard InChI is InChI=1S/C14H21FN2/c1-2-11-6-8-12(9-7-11)10-16-14-5-3-4-13(15)17-14/h3-5,11-12H,2,6-10H2,1H3,(H,16,17). The second-order valence-corrected chi connectivity index (χ2v) is 5.02. The highest BCUT2D eigenvalue weighted by Crippen LogP contribution is 2.30. The maximum absolute atomic E-state index is 12.9. The van der Waals surface area contributed by atoms with Crippen molar-refractivity contribution < 1.29 is 4.39 Å². The van der Waals surface area contributed by atoms with Crippen LogP contribution < -0.4 is 5.32 Å². The molecule has 0 radical (unpaired) electrons. The number of hydrogen-bond donors (Lipinski definition) is 1.